The standard InChI is InChI=1S/C13H23N4O4P/c1-2-3-4-6-16-7-5-10(9-22(19,20)21)17-8-11(12(14)18)15-13(16)17/h8,10H,2-7,9H2,1H3,(H2,14,18)(H2,19,20,21)/t10-/m1/s1. The largest absolute Gasteiger partial charge is 0.364 e. The average Bonchev–Trinajstić information content (AvgIpc) is 2.85. The molecule has 0 aliphatic carbocycles. The molecule has 1 atom stereocenters. The Labute approximate surface area is 129 Å². The summed E-state index contributed by atoms with van der Waals surface area (Å²) < 4.78 is 13.0. The third-order valence-corrected chi connectivity index (χ3v) is 4.75. The van der Waals surface area contributed by atoms with Crippen molar-refractivity contribution in [3.05, 3.63) is 11.9 Å². The highest BCUT2D eigenvalue weighted by molar-refractivity contribution is 7.51. The molecule has 2 rings (SSSR count). The van der Waals surface area contributed by atoms with Crippen LogP contribution in [0.25, 0.3) is 0 Å². The summed E-state index contributed by atoms with van der Waals surface area (Å²) in [5.41, 5.74) is 5.41. The van der Waals surface area contributed by atoms with E-state index < -0.39 is 13.5 Å². The maximum Gasteiger partial charge on any atom is 0.327 e. The van der Waals surface area contributed by atoms with E-state index in [1.807, 2.05) is 0 Å². The zero-order chi connectivity index (χ0) is 16.3. The zero-order valence-electron chi connectivity index (χ0n) is 12.7. The van der Waals surface area contributed by atoms with Gasteiger partial charge in [-0.05, 0) is 12.8 Å². The molecule has 1 amide bonds. The first-order valence-corrected chi connectivity index (χ1v) is 9.29. The smallest absolute Gasteiger partial charge is 0.327 e. The maximum absolute atomic E-state index is 11.4. The van der Waals surface area contributed by atoms with Crippen molar-refractivity contribution in [1.29, 1.82) is 0 Å². The van der Waals surface area contributed by atoms with Crippen LogP contribution in [0, 0.1) is 0 Å². The van der Waals surface area contributed by atoms with Crippen LogP contribution >= 0.6 is 7.60 Å². The number of aromatic nitrogens is 2. The van der Waals surface area contributed by atoms with Crippen LogP contribution in [0.3, 0.4) is 0 Å². The minimum Gasteiger partial charge on any atom is -0.364 e. The summed E-state index contributed by atoms with van der Waals surface area (Å²) >= 11 is 0. The first-order chi connectivity index (χ1) is 10.3. The SMILES string of the molecule is CCCCCN1CC[C@H](CP(=O)(O)O)n2cc(C(N)=O)nc21. The molecule has 22 heavy (non-hydrogen) atoms. The second-order valence-electron chi connectivity index (χ2n) is 5.68. The van der Waals surface area contributed by atoms with Crippen molar-refractivity contribution in [1.82, 2.24) is 9.55 Å². The van der Waals surface area contributed by atoms with Gasteiger partial charge in [0.05, 0.1) is 6.16 Å². The van der Waals surface area contributed by atoms with Gasteiger partial charge in [-0.2, -0.15) is 0 Å². The molecule has 0 spiro atoms. The summed E-state index contributed by atoms with van der Waals surface area (Å²) in [7, 11) is -4.13. The number of anilines is 1. The van der Waals surface area contributed by atoms with Gasteiger partial charge >= 0.3 is 7.60 Å². The molecule has 0 saturated heterocycles. The minimum atomic E-state index is -4.13. The normalized spacial score (nSPS) is 18.3. The monoisotopic (exact) mass is 330 g/mol. The highest BCUT2D eigenvalue weighted by atomic mass is 31.2. The van der Waals surface area contributed by atoms with Gasteiger partial charge in [-0.1, -0.05) is 19.8 Å². The lowest BCUT2D eigenvalue weighted by Gasteiger charge is -2.34. The van der Waals surface area contributed by atoms with E-state index in [2.05, 4.69) is 16.8 Å². The Morgan fingerprint density at radius 1 is 1.50 bits per heavy atom. The maximum atomic E-state index is 11.4. The van der Waals surface area contributed by atoms with Crippen molar-refractivity contribution < 1.29 is 19.1 Å². The Morgan fingerprint density at radius 2 is 2.23 bits per heavy atom. The number of carbonyl (C=O) groups excluding carboxylic acids is 1. The molecular weight excluding hydrogens is 307 g/mol. The summed E-state index contributed by atoms with van der Waals surface area (Å²) in [5.74, 6) is -0.0556. The van der Waals surface area contributed by atoms with Crippen LogP contribution in [0.5, 0.6) is 0 Å². The van der Waals surface area contributed by atoms with Crippen molar-refractivity contribution >= 4 is 19.5 Å². The molecule has 0 saturated carbocycles. The number of nitrogens with zero attached hydrogens (tertiary/aromatic N) is 3. The van der Waals surface area contributed by atoms with Gasteiger partial charge < -0.3 is 25.0 Å². The van der Waals surface area contributed by atoms with Gasteiger partial charge in [-0.3, -0.25) is 9.36 Å². The molecule has 124 valence electrons. The van der Waals surface area contributed by atoms with E-state index in [0.717, 1.165) is 25.8 Å². The third kappa shape index (κ3) is 4.09. The van der Waals surface area contributed by atoms with Crippen LogP contribution in [0.15, 0.2) is 6.20 Å². The Balaban J connectivity index is 2.25. The molecular formula is C13H23N4O4P. The Morgan fingerprint density at radius 3 is 2.82 bits per heavy atom. The van der Waals surface area contributed by atoms with Crippen LogP contribution < -0.4 is 10.6 Å². The number of fused-ring (bicyclic) bond motifs is 1. The summed E-state index contributed by atoms with van der Waals surface area (Å²) in [5, 5.41) is 0. The highest BCUT2D eigenvalue weighted by Crippen LogP contribution is 2.42. The van der Waals surface area contributed by atoms with Crippen molar-refractivity contribution in [2.45, 2.75) is 38.6 Å². The lowest BCUT2D eigenvalue weighted by Crippen LogP contribution is -2.36. The number of unbranched alkanes of at least 4 members (excludes halogenated alkanes) is 2. The quantitative estimate of drug-likeness (QED) is 0.508. The van der Waals surface area contributed by atoms with Crippen LogP contribution in [0.2, 0.25) is 0 Å². The van der Waals surface area contributed by atoms with Crippen molar-refractivity contribution in [3.63, 3.8) is 0 Å². The number of rotatable bonds is 7. The van der Waals surface area contributed by atoms with Crippen LogP contribution in [0.4, 0.5) is 5.95 Å². The predicted molar refractivity (Wildman–Crippen MR) is 83.0 cm³/mol. The molecule has 1 aromatic heterocycles. The number of hydrogen-bond acceptors (Lipinski definition) is 4. The van der Waals surface area contributed by atoms with Crippen molar-refractivity contribution in [3.8, 4) is 0 Å². The second kappa shape index (κ2) is 6.81. The van der Waals surface area contributed by atoms with Gasteiger partial charge in [0.25, 0.3) is 5.91 Å². The van der Waals surface area contributed by atoms with Gasteiger partial charge in [0.2, 0.25) is 5.95 Å². The van der Waals surface area contributed by atoms with E-state index >= 15 is 0 Å². The van der Waals surface area contributed by atoms with Crippen LogP contribution in [-0.4, -0.2) is 44.5 Å². The first kappa shape index (κ1) is 17.0. The molecule has 0 unspecified atom stereocenters. The van der Waals surface area contributed by atoms with Crippen LogP contribution in [-0.2, 0) is 4.57 Å². The van der Waals surface area contributed by atoms with E-state index in [-0.39, 0.29) is 17.9 Å². The number of carbonyl (C=O) groups is 1. The lowest BCUT2D eigenvalue weighted by molar-refractivity contribution is 0.0996. The molecule has 1 aromatic rings. The van der Waals surface area contributed by atoms with Crippen LogP contribution in [0.1, 0.15) is 49.1 Å². The molecule has 2 heterocycles. The average molecular weight is 330 g/mol. The number of nitrogens with two attached hydrogens (primary N) is 1. The lowest BCUT2D eigenvalue weighted by atomic mass is 10.1. The molecule has 9 heteroatoms. The Hall–Kier alpha value is -1.37. The summed E-state index contributed by atoms with van der Waals surface area (Å²) in [6, 6.07) is -0.362. The highest BCUT2D eigenvalue weighted by Gasteiger charge is 2.31. The zero-order valence-corrected chi connectivity index (χ0v) is 13.6. The Bertz CT molecular complexity index is 583. The fraction of sp³-hybridized carbons (Fsp3) is 0.692. The number of primary amides is 1. The Kier molecular flexibility index (Phi) is 5.26. The number of amides is 1. The minimum absolute atomic E-state index is 0.133. The topological polar surface area (TPSA) is 122 Å². The molecule has 0 aromatic carbocycles. The summed E-state index contributed by atoms with van der Waals surface area (Å²) in [4.78, 5) is 36.1. The van der Waals surface area contributed by atoms with Gasteiger partial charge in [0, 0.05) is 25.3 Å². The number of imidazole rings is 1. The van der Waals surface area contributed by atoms with E-state index in [0.29, 0.717) is 18.9 Å². The third-order valence-electron chi connectivity index (χ3n) is 3.85. The van der Waals surface area contributed by atoms with Gasteiger partial charge in [0.1, 0.15) is 5.69 Å². The predicted octanol–water partition coefficient (Wildman–Crippen LogP) is 1.10. The van der Waals surface area contributed by atoms with Crippen molar-refractivity contribution in [2.75, 3.05) is 24.2 Å². The van der Waals surface area contributed by atoms with Gasteiger partial charge in [-0.25, -0.2) is 4.98 Å². The molecule has 0 fully saturated rings. The fourth-order valence-corrected chi connectivity index (χ4v) is 3.68. The van der Waals surface area contributed by atoms with Crippen molar-refractivity contribution in [2.24, 2.45) is 5.73 Å². The van der Waals surface area contributed by atoms with Gasteiger partial charge in [-0.15, -0.1) is 0 Å². The van der Waals surface area contributed by atoms with E-state index in [9.17, 15) is 19.1 Å². The van der Waals surface area contributed by atoms with E-state index in [1.54, 1.807) is 4.57 Å². The molecule has 1 aliphatic rings. The molecule has 8 nitrogen and oxygen atoms in total. The molecule has 0 radical (unpaired) electrons. The van der Waals surface area contributed by atoms with E-state index in [1.165, 1.54) is 6.20 Å². The second-order valence-corrected chi connectivity index (χ2v) is 7.38. The summed E-state index contributed by atoms with van der Waals surface area (Å²) in [6.45, 7) is 3.60. The molecule has 1 aliphatic heterocycles. The first-order valence-electron chi connectivity index (χ1n) is 7.50. The van der Waals surface area contributed by atoms with E-state index in [4.69, 9.17) is 5.73 Å². The summed E-state index contributed by atoms with van der Waals surface area (Å²) in [6.07, 6.45) is 5.08. The molecule has 4 N–H and O–H groups in total. The van der Waals surface area contributed by atoms with Gasteiger partial charge in [0.15, 0.2) is 0 Å². The number of hydrogen-bond donors (Lipinski definition) is 3. The fourth-order valence-electron chi connectivity index (χ4n) is 2.77. The molecule has 0 bridgehead atoms.